The number of hydrogen-bond acceptors (Lipinski definition) is 5. The zero-order valence-corrected chi connectivity index (χ0v) is 13.7. The third kappa shape index (κ3) is 4.58. The maximum Gasteiger partial charge on any atom is 0.240 e. The molecule has 0 bridgehead atoms. The Labute approximate surface area is 126 Å². The van der Waals surface area contributed by atoms with Crippen molar-refractivity contribution in [3.8, 4) is 0 Å². The molecule has 0 aromatic carbocycles. The molecular formula is C15H27N5O. The summed E-state index contributed by atoms with van der Waals surface area (Å²) in [6.07, 6.45) is 1.75. The number of nitrogens with two attached hydrogens (primary N) is 1. The molecule has 21 heavy (non-hydrogen) atoms. The van der Waals surface area contributed by atoms with Crippen molar-refractivity contribution in [1.29, 1.82) is 0 Å². The summed E-state index contributed by atoms with van der Waals surface area (Å²) < 4.78 is 0. The Hall–Kier alpha value is -1.85. The van der Waals surface area contributed by atoms with Gasteiger partial charge in [0.05, 0.1) is 0 Å². The van der Waals surface area contributed by atoms with E-state index >= 15 is 0 Å². The van der Waals surface area contributed by atoms with Crippen molar-refractivity contribution < 1.29 is 4.79 Å². The average molecular weight is 293 g/mol. The predicted molar refractivity (Wildman–Crippen MR) is 86.4 cm³/mol. The Kier molecular flexibility index (Phi) is 6.39. The Balaban J connectivity index is 3.12. The quantitative estimate of drug-likeness (QED) is 0.682. The molecule has 1 aromatic heterocycles. The highest BCUT2D eigenvalue weighted by molar-refractivity contribution is 5.83. The zero-order chi connectivity index (χ0) is 16.0. The van der Waals surface area contributed by atoms with Gasteiger partial charge in [-0.1, -0.05) is 27.7 Å². The van der Waals surface area contributed by atoms with Crippen LogP contribution in [0.5, 0.6) is 0 Å². The number of nitrogens with one attached hydrogen (secondary N) is 2. The molecule has 1 rings (SSSR count). The molecule has 1 unspecified atom stereocenters. The van der Waals surface area contributed by atoms with Gasteiger partial charge in [0.15, 0.2) is 0 Å². The van der Waals surface area contributed by atoms with Gasteiger partial charge >= 0.3 is 0 Å². The minimum Gasteiger partial charge on any atom is -0.370 e. The lowest BCUT2D eigenvalue weighted by Gasteiger charge is -2.22. The van der Waals surface area contributed by atoms with Crippen LogP contribution in [0.1, 0.15) is 45.5 Å². The molecule has 1 heterocycles. The van der Waals surface area contributed by atoms with Gasteiger partial charge < -0.3 is 16.4 Å². The average Bonchev–Trinajstić information content (AvgIpc) is 2.43. The Morgan fingerprint density at radius 3 is 2.33 bits per heavy atom. The van der Waals surface area contributed by atoms with Crippen LogP contribution >= 0.6 is 0 Å². The van der Waals surface area contributed by atoms with Crippen LogP contribution in [0.25, 0.3) is 0 Å². The van der Waals surface area contributed by atoms with Crippen LogP contribution < -0.4 is 16.4 Å². The van der Waals surface area contributed by atoms with E-state index in [-0.39, 0.29) is 11.8 Å². The maximum absolute atomic E-state index is 11.6. The molecule has 0 fully saturated rings. The van der Waals surface area contributed by atoms with Gasteiger partial charge in [-0.2, -0.15) is 0 Å². The van der Waals surface area contributed by atoms with E-state index in [0.29, 0.717) is 5.82 Å². The SMILES string of the molecule is CCCNc1nc(CC)nc(NC(C(N)=O)C(C)C)c1C. The standard InChI is InChI=1S/C15H27N5O/c1-6-8-17-14-10(5)15(19-11(7-2)18-14)20-12(9(3)4)13(16)21/h9,12H,6-8H2,1-5H3,(H2,16,21)(H2,17,18,19,20). The molecule has 0 aliphatic rings. The van der Waals surface area contributed by atoms with Crippen LogP contribution in [0.4, 0.5) is 11.6 Å². The van der Waals surface area contributed by atoms with Gasteiger partial charge in [-0.3, -0.25) is 4.79 Å². The molecular weight excluding hydrogens is 266 g/mol. The van der Waals surface area contributed by atoms with Crippen molar-refractivity contribution in [3.05, 3.63) is 11.4 Å². The first-order valence-corrected chi connectivity index (χ1v) is 7.57. The van der Waals surface area contributed by atoms with E-state index in [0.717, 1.165) is 36.6 Å². The van der Waals surface area contributed by atoms with E-state index < -0.39 is 6.04 Å². The molecule has 1 atom stereocenters. The van der Waals surface area contributed by atoms with E-state index in [4.69, 9.17) is 5.73 Å². The summed E-state index contributed by atoms with van der Waals surface area (Å²) >= 11 is 0. The number of aryl methyl sites for hydroxylation is 1. The zero-order valence-electron chi connectivity index (χ0n) is 13.7. The number of hydrogen-bond donors (Lipinski definition) is 3. The molecule has 1 aromatic rings. The van der Waals surface area contributed by atoms with Gasteiger partial charge in [-0.05, 0) is 19.3 Å². The Bertz CT molecular complexity index is 487. The van der Waals surface area contributed by atoms with Crippen LogP contribution in [0, 0.1) is 12.8 Å². The van der Waals surface area contributed by atoms with Gasteiger partial charge in [-0.25, -0.2) is 9.97 Å². The summed E-state index contributed by atoms with van der Waals surface area (Å²) in [4.78, 5) is 20.6. The molecule has 4 N–H and O–H groups in total. The molecule has 1 amide bonds. The van der Waals surface area contributed by atoms with Crippen LogP contribution in [-0.4, -0.2) is 28.5 Å². The smallest absolute Gasteiger partial charge is 0.240 e. The normalized spacial score (nSPS) is 12.3. The first-order valence-electron chi connectivity index (χ1n) is 7.57. The largest absolute Gasteiger partial charge is 0.370 e. The molecule has 0 saturated carbocycles. The summed E-state index contributed by atoms with van der Waals surface area (Å²) in [7, 11) is 0. The van der Waals surface area contributed by atoms with Crippen molar-refractivity contribution in [2.75, 3.05) is 17.2 Å². The van der Waals surface area contributed by atoms with Crippen LogP contribution in [-0.2, 0) is 11.2 Å². The second-order valence-electron chi connectivity index (χ2n) is 5.51. The fourth-order valence-corrected chi connectivity index (χ4v) is 1.99. The van der Waals surface area contributed by atoms with E-state index in [1.54, 1.807) is 0 Å². The number of anilines is 2. The summed E-state index contributed by atoms with van der Waals surface area (Å²) in [5.41, 5.74) is 6.37. The first-order chi connectivity index (χ1) is 9.90. The number of rotatable bonds is 8. The van der Waals surface area contributed by atoms with Gasteiger partial charge in [0, 0.05) is 18.5 Å². The number of carbonyl (C=O) groups excluding carboxylic acids is 1. The minimum atomic E-state index is -0.442. The molecule has 0 spiro atoms. The third-order valence-corrected chi connectivity index (χ3v) is 3.32. The van der Waals surface area contributed by atoms with Crippen LogP contribution in [0.3, 0.4) is 0 Å². The summed E-state index contributed by atoms with van der Waals surface area (Å²) in [6.45, 7) is 10.8. The summed E-state index contributed by atoms with van der Waals surface area (Å²) in [6, 6.07) is -0.442. The number of nitrogens with zero attached hydrogens (tertiary/aromatic N) is 2. The maximum atomic E-state index is 11.6. The van der Waals surface area contributed by atoms with Gasteiger partial charge in [0.2, 0.25) is 5.91 Å². The summed E-state index contributed by atoms with van der Waals surface area (Å²) in [5.74, 6) is 1.96. The Morgan fingerprint density at radius 2 is 1.86 bits per heavy atom. The minimum absolute atomic E-state index is 0.0917. The van der Waals surface area contributed by atoms with E-state index in [2.05, 4.69) is 27.5 Å². The number of primary amides is 1. The number of amides is 1. The lowest BCUT2D eigenvalue weighted by molar-refractivity contribution is -0.119. The van der Waals surface area contributed by atoms with E-state index in [1.165, 1.54) is 0 Å². The third-order valence-electron chi connectivity index (χ3n) is 3.32. The number of aromatic nitrogens is 2. The van der Waals surface area contributed by atoms with E-state index in [1.807, 2.05) is 27.7 Å². The van der Waals surface area contributed by atoms with Crippen molar-refractivity contribution in [2.45, 2.75) is 53.5 Å². The predicted octanol–water partition coefficient (Wildman–Crippen LogP) is 2.09. The molecule has 118 valence electrons. The van der Waals surface area contributed by atoms with Crippen LogP contribution in [0.2, 0.25) is 0 Å². The highest BCUT2D eigenvalue weighted by Gasteiger charge is 2.21. The topological polar surface area (TPSA) is 92.9 Å². The van der Waals surface area contributed by atoms with Crippen molar-refractivity contribution >= 4 is 17.5 Å². The molecule has 6 heteroatoms. The monoisotopic (exact) mass is 293 g/mol. The molecule has 6 nitrogen and oxygen atoms in total. The fourth-order valence-electron chi connectivity index (χ4n) is 1.99. The van der Waals surface area contributed by atoms with Crippen molar-refractivity contribution in [2.24, 2.45) is 11.7 Å². The first kappa shape index (κ1) is 17.2. The molecule has 0 aliphatic carbocycles. The summed E-state index contributed by atoms with van der Waals surface area (Å²) in [5, 5.41) is 6.47. The molecule has 0 aliphatic heterocycles. The van der Waals surface area contributed by atoms with Crippen LogP contribution in [0.15, 0.2) is 0 Å². The van der Waals surface area contributed by atoms with Crippen molar-refractivity contribution in [1.82, 2.24) is 9.97 Å². The fraction of sp³-hybridized carbons (Fsp3) is 0.667. The lowest BCUT2D eigenvalue weighted by Crippen LogP contribution is -2.40. The second-order valence-corrected chi connectivity index (χ2v) is 5.51. The molecule has 0 radical (unpaired) electrons. The Morgan fingerprint density at radius 1 is 1.24 bits per heavy atom. The second kappa shape index (κ2) is 7.81. The highest BCUT2D eigenvalue weighted by atomic mass is 16.1. The van der Waals surface area contributed by atoms with Gasteiger partial charge in [0.25, 0.3) is 0 Å². The van der Waals surface area contributed by atoms with Crippen molar-refractivity contribution in [3.63, 3.8) is 0 Å². The molecule has 0 saturated heterocycles. The lowest BCUT2D eigenvalue weighted by atomic mass is 10.0. The van der Waals surface area contributed by atoms with Gasteiger partial charge in [0.1, 0.15) is 23.5 Å². The highest BCUT2D eigenvalue weighted by Crippen LogP contribution is 2.22. The van der Waals surface area contributed by atoms with E-state index in [9.17, 15) is 4.79 Å². The number of carbonyl (C=O) groups is 1. The van der Waals surface area contributed by atoms with Gasteiger partial charge in [-0.15, -0.1) is 0 Å².